The number of hydrogen-bond donors (Lipinski definition) is 3. The fourth-order valence-corrected chi connectivity index (χ4v) is 2.89. The van der Waals surface area contributed by atoms with E-state index in [0.29, 0.717) is 13.2 Å². The largest absolute Gasteiger partial charge is 0.486 e. The fourth-order valence-electron chi connectivity index (χ4n) is 2.89. The Hall–Kier alpha value is -1.50. The molecule has 3 rings (SSSR count). The lowest BCUT2D eigenvalue weighted by Gasteiger charge is -2.42. The maximum absolute atomic E-state index is 9.66. The number of benzene rings is 1. The van der Waals surface area contributed by atoms with Crippen LogP contribution in [0.15, 0.2) is 18.2 Å². The standard InChI is InChI=1S/C14H20N2O4/c17-8-10-12(9-18)16(5-4-15-10)11-2-1-3-13-14(11)20-7-6-19-13/h1-3,10,12,15,17-18H,4-9H2. The molecule has 6 nitrogen and oxygen atoms in total. The third-order valence-corrected chi connectivity index (χ3v) is 3.86. The molecular formula is C14H20N2O4. The number of aliphatic hydroxyl groups is 2. The molecule has 2 atom stereocenters. The van der Waals surface area contributed by atoms with E-state index in [-0.39, 0.29) is 25.3 Å². The molecule has 0 saturated carbocycles. The lowest BCUT2D eigenvalue weighted by molar-refractivity contribution is 0.156. The molecule has 0 radical (unpaired) electrons. The summed E-state index contributed by atoms with van der Waals surface area (Å²) in [5.74, 6) is 1.47. The molecule has 1 aromatic carbocycles. The van der Waals surface area contributed by atoms with Gasteiger partial charge in [-0.2, -0.15) is 0 Å². The first-order chi connectivity index (χ1) is 9.85. The number of fused-ring (bicyclic) bond motifs is 1. The second kappa shape index (κ2) is 5.87. The van der Waals surface area contributed by atoms with E-state index in [1.165, 1.54) is 0 Å². The minimum atomic E-state index is -0.175. The lowest BCUT2D eigenvalue weighted by Crippen LogP contribution is -2.61. The summed E-state index contributed by atoms with van der Waals surface area (Å²) in [6, 6.07) is 5.46. The van der Waals surface area contributed by atoms with Gasteiger partial charge in [-0.25, -0.2) is 0 Å². The predicted molar refractivity (Wildman–Crippen MR) is 74.5 cm³/mol. The van der Waals surface area contributed by atoms with Gasteiger partial charge < -0.3 is 29.9 Å². The first-order valence-electron chi connectivity index (χ1n) is 6.95. The van der Waals surface area contributed by atoms with Gasteiger partial charge in [-0.05, 0) is 12.1 Å². The van der Waals surface area contributed by atoms with Crippen molar-refractivity contribution in [2.45, 2.75) is 12.1 Å². The van der Waals surface area contributed by atoms with Gasteiger partial charge in [0.15, 0.2) is 11.5 Å². The molecule has 20 heavy (non-hydrogen) atoms. The molecule has 1 saturated heterocycles. The highest BCUT2D eigenvalue weighted by Crippen LogP contribution is 2.40. The fraction of sp³-hybridized carbons (Fsp3) is 0.571. The summed E-state index contributed by atoms with van der Waals surface area (Å²) in [6.07, 6.45) is 0. The Morgan fingerprint density at radius 3 is 2.85 bits per heavy atom. The highest BCUT2D eigenvalue weighted by molar-refractivity contribution is 5.66. The van der Waals surface area contributed by atoms with Crippen molar-refractivity contribution in [3.05, 3.63) is 18.2 Å². The van der Waals surface area contributed by atoms with E-state index in [9.17, 15) is 10.2 Å². The summed E-state index contributed by atoms with van der Waals surface area (Å²) in [7, 11) is 0. The first kappa shape index (κ1) is 13.5. The third kappa shape index (κ3) is 2.30. The van der Waals surface area contributed by atoms with Crippen molar-refractivity contribution in [1.29, 1.82) is 0 Å². The third-order valence-electron chi connectivity index (χ3n) is 3.86. The molecule has 0 aliphatic carbocycles. The van der Waals surface area contributed by atoms with Crippen LogP contribution in [0.5, 0.6) is 11.5 Å². The van der Waals surface area contributed by atoms with Gasteiger partial charge in [0.25, 0.3) is 0 Å². The van der Waals surface area contributed by atoms with E-state index >= 15 is 0 Å². The van der Waals surface area contributed by atoms with Crippen LogP contribution in [0.4, 0.5) is 5.69 Å². The van der Waals surface area contributed by atoms with Gasteiger partial charge >= 0.3 is 0 Å². The zero-order valence-corrected chi connectivity index (χ0v) is 11.3. The molecule has 1 fully saturated rings. The summed E-state index contributed by atoms with van der Waals surface area (Å²) in [6.45, 7) is 2.56. The van der Waals surface area contributed by atoms with Crippen molar-refractivity contribution in [2.24, 2.45) is 0 Å². The van der Waals surface area contributed by atoms with E-state index in [0.717, 1.165) is 30.3 Å². The molecule has 2 aliphatic rings. The summed E-state index contributed by atoms with van der Waals surface area (Å²) in [5, 5.41) is 22.3. The van der Waals surface area contributed by atoms with E-state index in [1.807, 2.05) is 18.2 Å². The minimum absolute atomic E-state index is 0.00585. The van der Waals surface area contributed by atoms with Crippen LogP contribution in [0.2, 0.25) is 0 Å². The maximum Gasteiger partial charge on any atom is 0.184 e. The van der Waals surface area contributed by atoms with Crippen molar-refractivity contribution in [1.82, 2.24) is 5.32 Å². The van der Waals surface area contributed by atoms with Crippen LogP contribution >= 0.6 is 0 Å². The monoisotopic (exact) mass is 280 g/mol. The summed E-state index contributed by atoms with van der Waals surface area (Å²) < 4.78 is 11.3. The smallest absolute Gasteiger partial charge is 0.184 e. The van der Waals surface area contributed by atoms with Crippen LogP contribution in [-0.2, 0) is 0 Å². The molecule has 2 heterocycles. The molecule has 3 N–H and O–H groups in total. The Balaban J connectivity index is 1.94. The topological polar surface area (TPSA) is 74.2 Å². The molecule has 1 aromatic rings. The molecule has 0 aromatic heterocycles. The number of hydrogen-bond acceptors (Lipinski definition) is 6. The second-order valence-corrected chi connectivity index (χ2v) is 4.99. The van der Waals surface area contributed by atoms with Crippen LogP contribution < -0.4 is 19.7 Å². The van der Waals surface area contributed by atoms with Gasteiger partial charge in [0, 0.05) is 13.1 Å². The van der Waals surface area contributed by atoms with E-state index < -0.39 is 0 Å². The number of rotatable bonds is 3. The first-order valence-corrected chi connectivity index (χ1v) is 6.95. The zero-order chi connectivity index (χ0) is 13.9. The molecule has 6 heteroatoms. The molecular weight excluding hydrogens is 260 g/mol. The molecule has 110 valence electrons. The Kier molecular flexibility index (Phi) is 3.95. The normalized spacial score (nSPS) is 25.6. The average molecular weight is 280 g/mol. The van der Waals surface area contributed by atoms with E-state index in [4.69, 9.17) is 9.47 Å². The highest BCUT2D eigenvalue weighted by Gasteiger charge is 2.33. The Labute approximate surface area is 117 Å². The van der Waals surface area contributed by atoms with E-state index in [1.54, 1.807) is 0 Å². The van der Waals surface area contributed by atoms with Crippen LogP contribution in [-0.4, -0.2) is 61.8 Å². The summed E-state index contributed by atoms with van der Waals surface area (Å²) >= 11 is 0. The Morgan fingerprint density at radius 1 is 1.20 bits per heavy atom. The SMILES string of the molecule is OCC1NCCN(c2cccc3c2OCCO3)C1CO. The molecule has 0 spiro atoms. The van der Waals surface area contributed by atoms with Crippen molar-refractivity contribution in [3.8, 4) is 11.5 Å². The number of anilines is 1. The molecule has 0 bridgehead atoms. The molecule has 2 aliphatic heterocycles. The van der Waals surface area contributed by atoms with Gasteiger partial charge in [0.05, 0.1) is 31.0 Å². The van der Waals surface area contributed by atoms with E-state index in [2.05, 4.69) is 10.2 Å². The zero-order valence-electron chi connectivity index (χ0n) is 11.3. The average Bonchev–Trinajstić information content (AvgIpc) is 2.53. The lowest BCUT2D eigenvalue weighted by atomic mass is 10.0. The number of piperazine rings is 1. The van der Waals surface area contributed by atoms with Crippen LogP contribution in [0.1, 0.15) is 0 Å². The molecule has 0 amide bonds. The van der Waals surface area contributed by atoms with Crippen LogP contribution in [0, 0.1) is 0 Å². The Morgan fingerprint density at radius 2 is 2.05 bits per heavy atom. The van der Waals surface area contributed by atoms with Crippen molar-refractivity contribution >= 4 is 5.69 Å². The van der Waals surface area contributed by atoms with Gasteiger partial charge in [0.1, 0.15) is 13.2 Å². The minimum Gasteiger partial charge on any atom is -0.486 e. The van der Waals surface area contributed by atoms with Crippen LogP contribution in [0.25, 0.3) is 0 Å². The number of nitrogens with one attached hydrogen (secondary N) is 1. The number of para-hydroxylation sites is 1. The number of nitrogens with zero attached hydrogens (tertiary/aromatic N) is 1. The summed E-state index contributed by atoms with van der Waals surface area (Å²) in [5.41, 5.74) is 0.918. The van der Waals surface area contributed by atoms with Gasteiger partial charge in [-0.1, -0.05) is 6.07 Å². The van der Waals surface area contributed by atoms with Crippen molar-refractivity contribution in [3.63, 3.8) is 0 Å². The highest BCUT2D eigenvalue weighted by atomic mass is 16.6. The Bertz CT molecular complexity index is 468. The van der Waals surface area contributed by atoms with Crippen molar-refractivity contribution in [2.75, 3.05) is 44.4 Å². The van der Waals surface area contributed by atoms with Gasteiger partial charge in [-0.3, -0.25) is 0 Å². The predicted octanol–water partition coefficient (Wildman–Crippen LogP) is -0.411. The number of aliphatic hydroxyl groups excluding tert-OH is 2. The second-order valence-electron chi connectivity index (χ2n) is 4.99. The van der Waals surface area contributed by atoms with Gasteiger partial charge in [0.2, 0.25) is 0 Å². The van der Waals surface area contributed by atoms with Crippen LogP contribution in [0.3, 0.4) is 0 Å². The quantitative estimate of drug-likeness (QED) is 0.699. The van der Waals surface area contributed by atoms with Gasteiger partial charge in [-0.15, -0.1) is 0 Å². The maximum atomic E-state index is 9.66. The number of ether oxygens (including phenoxy) is 2. The molecule has 2 unspecified atom stereocenters. The van der Waals surface area contributed by atoms with Crippen molar-refractivity contribution < 1.29 is 19.7 Å². The summed E-state index contributed by atoms with van der Waals surface area (Å²) in [4.78, 5) is 2.09.